The summed E-state index contributed by atoms with van der Waals surface area (Å²) in [4.78, 5) is 0. The molecule has 2 aliphatic carbocycles. The zero-order valence-electron chi connectivity index (χ0n) is 15.3. The number of ether oxygens (including phenoxy) is 4. The van der Waals surface area contributed by atoms with Crippen molar-refractivity contribution in [3.8, 4) is 0 Å². The Bertz CT molecular complexity index is 409. The number of methoxy groups -OCH3 is 1. The Morgan fingerprint density at radius 2 is 1.92 bits per heavy atom. The van der Waals surface area contributed by atoms with Crippen molar-refractivity contribution in [1.82, 2.24) is 0 Å². The van der Waals surface area contributed by atoms with E-state index in [1.54, 1.807) is 7.11 Å². The lowest BCUT2D eigenvalue weighted by Crippen LogP contribution is -2.63. The summed E-state index contributed by atoms with van der Waals surface area (Å²) in [6.07, 6.45) is 8.74. The third kappa shape index (κ3) is 3.03. The van der Waals surface area contributed by atoms with Gasteiger partial charge in [-0.1, -0.05) is 13.3 Å². The van der Waals surface area contributed by atoms with Crippen molar-refractivity contribution in [3.05, 3.63) is 0 Å². The predicted octanol–water partition coefficient (Wildman–Crippen LogP) is 3.10. The monoisotopic (exact) mass is 342 g/mol. The van der Waals surface area contributed by atoms with Gasteiger partial charge < -0.3 is 24.1 Å². The Hall–Kier alpha value is -0.200. The van der Waals surface area contributed by atoms with Crippen LogP contribution in [0.3, 0.4) is 0 Å². The van der Waals surface area contributed by atoms with Crippen molar-refractivity contribution in [2.45, 2.75) is 64.1 Å². The van der Waals surface area contributed by atoms with Gasteiger partial charge >= 0.3 is 0 Å². The minimum Gasteiger partial charge on any atom is -0.396 e. The molecule has 0 aromatic rings. The van der Waals surface area contributed by atoms with Crippen LogP contribution in [0.25, 0.3) is 0 Å². The highest BCUT2D eigenvalue weighted by Crippen LogP contribution is 2.64. The fourth-order valence-electron chi connectivity index (χ4n) is 5.95. The lowest BCUT2D eigenvalue weighted by molar-refractivity contribution is -0.314. The quantitative estimate of drug-likeness (QED) is 0.569. The maximum atomic E-state index is 9.36. The number of hydrogen-bond acceptors (Lipinski definition) is 5. The molecule has 5 heteroatoms. The molecule has 1 spiro atoms. The molecule has 0 unspecified atom stereocenters. The average molecular weight is 342 g/mol. The largest absolute Gasteiger partial charge is 0.396 e. The molecule has 1 saturated heterocycles. The Labute approximate surface area is 146 Å². The van der Waals surface area contributed by atoms with E-state index in [0.29, 0.717) is 32.5 Å². The van der Waals surface area contributed by atoms with E-state index >= 15 is 0 Å². The summed E-state index contributed by atoms with van der Waals surface area (Å²) in [5.74, 6) is 0.0267. The maximum Gasteiger partial charge on any atom is 0.176 e. The number of aliphatic hydroxyl groups is 1. The molecule has 0 amide bonds. The number of hydrogen-bond donors (Lipinski definition) is 1. The van der Waals surface area contributed by atoms with Crippen molar-refractivity contribution in [2.75, 3.05) is 40.3 Å². The van der Waals surface area contributed by atoms with E-state index in [1.807, 2.05) is 0 Å². The Kier molecular flexibility index (Phi) is 5.87. The molecule has 2 saturated carbocycles. The van der Waals surface area contributed by atoms with Gasteiger partial charge in [-0.2, -0.15) is 0 Å². The molecule has 5 nitrogen and oxygen atoms in total. The van der Waals surface area contributed by atoms with Crippen LogP contribution >= 0.6 is 0 Å². The second-order valence-electron chi connectivity index (χ2n) is 8.14. The van der Waals surface area contributed by atoms with Crippen LogP contribution in [0, 0.1) is 16.7 Å². The van der Waals surface area contributed by atoms with Crippen molar-refractivity contribution in [3.63, 3.8) is 0 Å². The van der Waals surface area contributed by atoms with Crippen molar-refractivity contribution < 1.29 is 24.1 Å². The van der Waals surface area contributed by atoms with Crippen molar-refractivity contribution in [2.24, 2.45) is 16.7 Å². The van der Waals surface area contributed by atoms with E-state index in [9.17, 15) is 5.11 Å². The highest BCUT2D eigenvalue weighted by molar-refractivity contribution is 5.10. The van der Waals surface area contributed by atoms with Gasteiger partial charge in [-0.3, -0.25) is 0 Å². The summed E-state index contributed by atoms with van der Waals surface area (Å²) in [6, 6.07) is 0. The summed E-state index contributed by atoms with van der Waals surface area (Å²) in [5.41, 5.74) is 0.128. The summed E-state index contributed by atoms with van der Waals surface area (Å²) in [7, 11) is 1.67. The molecule has 1 N–H and O–H groups in total. The molecule has 3 atom stereocenters. The molecule has 3 aliphatic rings. The third-order valence-electron chi connectivity index (χ3n) is 6.86. The molecule has 1 aliphatic heterocycles. The van der Waals surface area contributed by atoms with E-state index in [0.717, 1.165) is 32.1 Å². The summed E-state index contributed by atoms with van der Waals surface area (Å²) >= 11 is 0. The fourth-order valence-corrected chi connectivity index (χ4v) is 5.95. The SMILES string of the molecule is COCOC[C@]12CCC[C@@](C)(CCCO)[C@@H]1CCCC21OCCO1. The molecule has 1 heterocycles. The van der Waals surface area contributed by atoms with E-state index in [2.05, 4.69) is 6.92 Å². The van der Waals surface area contributed by atoms with Crippen LogP contribution in [0.2, 0.25) is 0 Å². The highest BCUT2D eigenvalue weighted by Gasteiger charge is 2.65. The first-order valence-electron chi connectivity index (χ1n) is 9.58. The first-order valence-corrected chi connectivity index (χ1v) is 9.58. The molecule has 0 bridgehead atoms. The number of aliphatic hydroxyl groups excluding tert-OH is 1. The van der Waals surface area contributed by atoms with Crippen molar-refractivity contribution in [1.29, 1.82) is 0 Å². The van der Waals surface area contributed by atoms with Crippen LogP contribution in [0.4, 0.5) is 0 Å². The Morgan fingerprint density at radius 1 is 1.12 bits per heavy atom. The second-order valence-corrected chi connectivity index (χ2v) is 8.14. The summed E-state index contributed by atoms with van der Waals surface area (Å²) in [5, 5.41) is 9.36. The number of fused-ring (bicyclic) bond motifs is 2. The van der Waals surface area contributed by atoms with Gasteiger partial charge in [-0.15, -0.1) is 0 Å². The third-order valence-corrected chi connectivity index (χ3v) is 6.86. The lowest BCUT2D eigenvalue weighted by atomic mass is 9.47. The first-order chi connectivity index (χ1) is 11.6. The van der Waals surface area contributed by atoms with Gasteiger partial charge in [0.05, 0.1) is 25.2 Å². The van der Waals surface area contributed by atoms with Crippen LogP contribution in [0.15, 0.2) is 0 Å². The smallest absolute Gasteiger partial charge is 0.176 e. The van der Waals surface area contributed by atoms with Crippen molar-refractivity contribution >= 4 is 0 Å². The van der Waals surface area contributed by atoms with Crippen LogP contribution in [-0.4, -0.2) is 51.2 Å². The molecule has 3 rings (SSSR count). The molecule has 0 aromatic heterocycles. The molecule has 24 heavy (non-hydrogen) atoms. The molecule has 3 fully saturated rings. The van der Waals surface area contributed by atoms with Crippen LogP contribution in [0.5, 0.6) is 0 Å². The van der Waals surface area contributed by atoms with E-state index in [1.165, 1.54) is 19.3 Å². The molecular weight excluding hydrogens is 308 g/mol. The van der Waals surface area contributed by atoms with Gasteiger partial charge in [0.2, 0.25) is 0 Å². The zero-order chi connectivity index (χ0) is 17.1. The standard InChI is InChI=1S/C19H34O5/c1-17(8-5-11-20)7-4-9-18(14-22-15-21-2)16(17)6-3-10-19(18)23-12-13-24-19/h16,20H,3-15H2,1-2H3/t16-,17-,18+/m0/s1. The zero-order valence-corrected chi connectivity index (χ0v) is 15.3. The molecule has 0 aromatic carbocycles. The van der Waals surface area contributed by atoms with Crippen LogP contribution in [-0.2, 0) is 18.9 Å². The van der Waals surface area contributed by atoms with Crippen LogP contribution in [0.1, 0.15) is 58.3 Å². The van der Waals surface area contributed by atoms with Gasteiger partial charge in [0, 0.05) is 20.1 Å². The lowest BCUT2D eigenvalue weighted by Gasteiger charge is -2.62. The van der Waals surface area contributed by atoms with Gasteiger partial charge in [0.15, 0.2) is 5.79 Å². The van der Waals surface area contributed by atoms with Gasteiger partial charge in [-0.05, 0) is 49.9 Å². The highest BCUT2D eigenvalue weighted by atomic mass is 16.7. The maximum absolute atomic E-state index is 9.36. The number of rotatable bonds is 7. The van der Waals surface area contributed by atoms with E-state index < -0.39 is 5.79 Å². The molecule has 0 radical (unpaired) electrons. The Morgan fingerprint density at radius 3 is 2.62 bits per heavy atom. The minimum absolute atomic E-state index is 0.0945. The fraction of sp³-hybridized carbons (Fsp3) is 1.00. The summed E-state index contributed by atoms with van der Waals surface area (Å²) < 4.78 is 23.7. The normalized spacial score (nSPS) is 38.4. The van der Waals surface area contributed by atoms with Crippen LogP contribution < -0.4 is 0 Å². The Balaban J connectivity index is 1.91. The molecule has 140 valence electrons. The van der Waals surface area contributed by atoms with Gasteiger partial charge in [0.1, 0.15) is 6.79 Å². The topological polar surface area (TPSA) is 57.2 Å². The van der Waals surface area contributed by atoms with Gasteiger partial charge in [0.25, 0.3) is 0 Å². The second kappa shape index (κ2) is 7.58. The average Bonchev–Trinajstić information content (AvgIpc) is 3.05. The van der Waals surface area contributed by atoms with Gasteiger partial charge in [-0.25, -0.2) is 0 Å². The predicted molar refractivity (Wildman–Crippen MR) is 90.5 cm³/mol. The van der Waals surface area contributed by atoms with E-state index in [4.69, 9.17) is 18.9 Å². The summed E-state index contributed by atoms with van der Waals surface area (Å²) in [6.45, 7) is 5.01. The first kappa shape index (κ1) is 18.6. The minimum atomic E-state index is -0.482. The molecular formula is C19H34O5. The van der Waals surface area contributed by atoms with E-state index in [-0.39, 0.29) is 17.4 Å².